The Kier molecular flexibility index (Phi) is 2.15. The minimum absolute atomic E-state index is 0.0481. The van der Waals surface area contributed by atoms with Gasteiger partial charge < -0.3 is 5.73 Å². The van der Waals surface area contributed by atoms with Crippen LogP contribution < -0.4 is 5.73 Å². The number of hydrogen-bond donors (Lipinski definition) is 1. The number of nitrogens with zero attached hydrogens (tertiary/aromatic N) is 2. The molecule has 13 heavy (non-hydrogen) atoms. The molecule has 0 aliphatic carbocycles. The molecule has 0 aliphatic heterocycles. The van der Waals surface area contributed by atoms with Gasteiger partial charge >= 0.3 is 0 Å². The van der Waals surface area contributed by atoms with Crippen LogP contribution in [0.15, 0.2) is 6.20 Å². The molecule has 0 saturated carbocycles. The molecule has 0 spiro atoms. The second-order valence-corrected chi connectivity index (χ2v) is 4.08. The summed E-state index contributed by atoms with van der Waals surface area (Å²) in [5.74, 6) is 0.396. The van der Waals surface area contributed by atoms with Crippen molar-refractivity contribution in [3.05, 3.63) is 11.8 Å². The van der Waals surface area contributed by atoms with E-state index in [4.69, 9.17) is 5.73 Å². The molecule has 0 aliphatic rings. The monoisotopic (exact) mass is 181 g/mol. The van der Waals surface area contributed by atoms with Crippen molar-refractivity contribution < 1.29 is 4.79 Å². The molecule has 1 rings (SSSR count). The van der Waals surface area contributed by atoms with Crippen LogP contribution in [0.25, 0.3) is 0 Å². The van der Waals surface area contributed by atoms with Crippen molar-refractivity contribution in [2.45, 2.75) is 33.2 Å². The van der Waals surface area contributed by atoms with Gasteiger partial charge in [-0.2, -0.15) is 5.10 Å². The maximum absolute atomic E-state index is 11.1. The Morgan fingerprint density at radius 3 is 2.31 bits per heavy atom. The Hall–Kier alpha value is -1.32. The third-order valence-corrected chi connectivity index (χ3v) is 1.82. The standard InChI is InChI=1S/C9H15N3O/c1-6(13)7-5-11-12(8(7)10)9(2,3)4/h5H,10H2,1-4H3. The van der Waals surface area contributed by atoms with Gasteiger partial charge in [0.05, 0.1) is 17.3 Å². The summed E-state index contributed by atoms with van der Waals surface area (Å²) in [6, 6.07) is 0. The van der Waals surface area contributed by atoms with Crippen LogP contribution in [-0.4, -0.2) is 15.6 Å². The van der Waals surface area contributed by atoms with Crippen LogP contribution in [0.2, 0.25) is 0 Å². The minimum atomic E-state index is -0.183. The summed E-state index contributed by atoms with van der Waals surface area (Å²) >= 11 is 0. The van der Waals surface area contributed by atoms with Crippen molar-refractivity contribution in [3.8, 4) is 0 Å². The maximum atomic E-state index is 11.1. The topological polar surface area (TPSA) is 60.9 Å². The van der Waals surface area contributed by atoms with E-state index in [2.05, 4.69) is 5.10 Å². The highest BCUT2D eigenvalue weighted by Crippen LogP contribution is 2.20. The lowest BCUT2D eigenvalue weighted by Crippen LogP contribution is -2.25. The van der Waals surface area contributed by atoms with E-state index < -0.39 is 0 Å². The highest BCUT2D eigenvalue weighted by Gasteiger charge is 2.20. The second kappa shape index (κ2) is 2.87. The molecule has 4 nitrogen and oxygen atoms in total. The van der Waals surface area contributed by atoms with E-state index in [1.807, 2.05) is 20.8 Å². The average molecular weight is 181 g/mol. The van der Waals surface area contributed by atoms with Gasteiger partial charge in [0.15, 0.2) is 5.78 Å². The zero-order valence-electron chi connectivity index (χ0n) is 8.46. The predicted molar refractivity (Wildman–Crippen MR) is 51.6 cm³/mol. The smallest absolute Gasteiger partial charge is 0.165 e. The van der Waals surface area contributed by atoms with Gasteiger partial charge in [0.2, 0.25) is 0 Å². The number of hydrogen-bond acceptors (Lipinski definition) is 3. The molecule has 1 aromatic heterocycles. The number of Topliss-reactive ketones (excluding diaryl/α,β-unsaturated/α-hetero) is 1. The van der Waals surface area contributed by atoms with E-state index in [0.717, 1.165) is 0 Å². The van der Waals surface area contributed by atoms with E-state index >= 15 is 0 Å². The molecule has 0 atom stereocenters. The van der Waals surface area contributed by atoms with Crippen LogP contribution in [0.5, 0.6) is 0 Å². The van der Waals surface area contributed by atoms with Crippen LogP contribution in [0.3, 0.4) is 0 Å². The van der Waals surface area contributed by atoms with Gasteiger partial charge in [-0.3, -0.25) is 4.79 Å². The van der Waals surface area contributed by atoms with Crippen molar-refractivity contribution in [2.75, 3.05) is 5.73 Å². The number of rotatable bonds is 1. The number of carbonyl (C=O) groups is 1. The molecule has 0 bridgehead atoms. The Morgan fingerprint density at radius 2 is 2.08 bits per heavy atom. The Morgan fingerprint density at radius 1 is 1.54 bits per heavy atom. The number of nitrogens with two attached hydrogens (primary N) is 1. The first-order valence-electron chi connectivity index (χ1n) is 4.19. The van der Waals surface area contributed by atoms with Gasteiger partial charge in [-0.15, -0.1) is 0 Å². The van der Waals surface area contributed by atoms with Crippen molar-refractivity contribution in [1.82, 2.24) is 9.78 Å². The molecule has 0 saturated heterocycles. The molecular formula is C9H15N3O. The van der Waals surface area contributed by atoms with Crippen molar-refractivity contribution in [1.29, 1.82) is 0 Å². The van der Waals surface area contributed by atoms with Gasteiger partial charge in [0, 0.05) is 0 Å². The van der Waals surface area contributed by atoms with Crippen LogP contribution >= 0.6 is 0 Å². The number of nitrogen functional groups attached to an aromatic ring is 1. The van der Waals surface area contributed by atoms with E-state index in [1.54, 1.807) is 4.68 Å². The van der Waals surface area contributed by atoms with Gasteiger partial charge in [0.25, 0.3) is 0 Å². The number of anilines is 1. The maximum Gasteiger partial charge on any atom is 0.165 e. The summed E-state index contributed by atoms with van der Waals surface area (Å²) in [6.45, 7) is 7.45. The summed E-state index contributed by atoms with van der Waals surface area (Å²) < 4.78 is 1.66. The lowest BCUT2D eigenvalue weighted by atomic mass is 10.1. The zero-order chi connectivity index (χ0) is 10.2. The molecule has 1 heterocycles. The largest absolute Gasteiger partial charge is 0.383 e. The molecule has 0 unspecified atom stereocenters. The highest BCUT2D eigenvalue weighted by molar-refractivity contribution is 5.98. The van der Waals surface area contributed by atoms with E-state index in [0.29, 0.717) is 11.4 Å². The minimum Gasteiger partial charge on any atom is -0.383 e. The first kappa shape index (κ1) is 9.77. The normalized spacial score (nSPS) is 11.7. The van der Waals surface area contributed by atoms with Gasteiger partial charge in [0.1, 0.15) is 5.82 Å². The molecule has 2 N–H and O–H groups in total. The summed E-state index contributed by atoms with van der Waals surface area (Å²) in [6.07, 6.45) is 1.52. The molecule has 72 valence electrons. The zero-order valence-corrected chi connectivity index (χ0v) is 8.46. The van der Waals surface area contributed by atoms with Gasteiger partial charge in [-0.1, -0.05) is 0 Å². The highest BCUT2D eigenvalue weighted by atomic mass is 16.1. The fraction of sp³-hybridized carbons (Fsp3) is 0.556. The van der Waals surface area contributed by atoms with Gasteiger partial charge in [-0.05, 0) is 27.7 Å². The van der Waals surface area contributed by atoms with Crippen molar-refractivity contribution in [2.24, 2.45) is 0 Å². The molecule has 0 radical (unpaired) electrons. The lowest BCUT2D eigenvalue weighted by Gasteiger charge is -2.20. The predicted octanol–water partition coefficient (Wildman–Crippen LogP) is 1.42. The second-order valence-electron chi connectivity index (χ2n) is 4.08. The molecule has 1 aromatic rings. The van der Waals surface area contributed by atoms with Crippen LogP contribution in [0, 0.1) is 0 Å². The quantitative estimate of drug-likeness (QED) is 0.666. The van der Waals surface area contributed by atoms with Crippen LogP contribution in [0.1, 0.15) is 38.1 Å². The number of carbonyl (C=O) groups excluding carboxylic acids is 1. The first-order valence-corrected chi connectivity index (χ1v) is 4.19. The first-order chi connectivity index (χ1) is 5.84. The molecule has 0 amide bonds. The summed E-state index contributed by atoms with van der Waals surface area (Å²) in [5, 5.41) is 4.08. The van der Waals surface area contributed by atoms with E-state index in [9.17, 15) is 4.79 Å². The molecular weight excluding hydrogens is 166 g/mol. The fourth-order valence-corrected chi connectivity index (χ4v) is 1.16. The van der Waals surface area contributed by atoms with E-state index in [-0.39, 0.29) is 11.3 Å². The third-order valence-electron chi connectivity index (χ3n) is 1.82. The Bertz CT molecular complexity index is 333. The number of aromatic nitrogens is 2. The van der Waals surface area contributed by atoms with Gasteiger partial charge in [-0.25, -0.2) is 4.68 Å². The Labute approximate surface area is 77.7 Å². The molecule has 0 aromatic carbocycles. The average Bonchev–Trinajstić information content (AvgIpc) is 2.28. The van der Waals surface area contributed by atoms with E-state index in [1.165, 1.54) is 13.1 Å². The third kappa shape index (κ3) is 1.71. The van der Waals surface area contributed by atoms with Crippen molar-refractivity contribution >= 4 is 11.6 Å². The number of ketones is 1. The van der Waals surface area contributed by atoms with Crippen LogP contribution in [0.4, 0.5) is 5.82 Å². The summed E-state index contributed by atoms with van der Waals surface area (Å²) in [5.41, 5.74) is 6.08. The van der Waals surface area contributed by atoms with Crippen LogP contribution in [-0.2, 0) is 5.54 Å². The summed E-state index contributed by atoms with van der Waals surface area (Å²) in [7, 11) is 0. The molecule has 0 fully saturated rings. The van der Waals surface area contributed by atoms with Crippen molar-refractivity contribution in [3.63, 3.8) is 0 Å². The summed E-state index contributed by atoms with van der Waals surface area (Å²) in [4.78, 5) is 11.1. The SMILES string of the molecule is CC(=O)c1cnn(C(C)(C)C)c1N. The Balaban J connectivity index is 3.22. The molecule has 4 heteroatoms. The lowest BCUT2D eigenvalue weighted by molar-refractivity contribution is 0.101. The fourth-order valence-electron chi connectivity index (χ4n) is 1.16.